The molecule has 9 heteroatoms. The van der Waals surface area contributed by atoms with Crippen LogP contribution in [-0.4, -0.2) is 45.1 Å². The van der Waals surface area contributed by atoms with Gasteiger partial charge in [-0.15, -0.1) is 0 Å². The van der Waals surface area contributed by atoms with Gasteiger partial charge in [0.05, 0.1) is 16.7 Å². The van der Waals surface area contributed by atoms with Crippen molar-refractivity contribution in [2.45, 2.75) is 30.8 Å². The fourth-order valence-electron chi connectivity index (χ4n) is 2.54. The first-order valence-corrected chi connectivity index (χ1v) is 9.25. The van der Waals surface area contributed by atoms with Crippen LogP contribution in [-0.2, 0) is 17.1 Å². The van der Waals surface area contributed by atoms with E-state index in [-0.39, 0.29) is 17.0 Å². The van der Waals surface area contributed by atoms with Crippen LogP contribution in [0.5, 0.6) is 0 Å². The second kappa shape index (κ2) is 5.47. The van der Waals surface area contributed by atoms with Gasteiger partial charge in [0.25, 0.3) is 10.0 Å². The van der Waals surface area contributed by atoms with Crippen LogP contribution in [0.3, 0.4) is 0 Å². The lowest BCUT2D eigenvalue weighted by Gasteiger charge is -2.37. The maximum Gasteiger partial charge on any atom is 0.262 e. The molecule has 0 spiro atoms. The SMILES string of the molecule is CC(C)c1nc(S(=O)(=O)N2CC(n3cc(Br)cn3)C2)cn1C. The van der Waals surface area contributed by atoms with Crippen molar-refractivity contribution < 1.29 is 8.42 Å². The van der Waals surface area contributed by atoms with Crippen LogP contribution in [0.4, 0.5) is 0 Å². The number of nitrogens with zero attached hydrogens (tertiary/aromatic N) is 5. The predicted molar refractivity (Wildman–Crippen MR) is 85.0 cm³/mol. The Hall–Kier alpha value is -1.19. The highest BCUT2D eigenvalue weighted by atomic mass is 79.9. The van der Waals surface area contributed by atoms with Crippen molar-refractivity contribution in [1.29, 1.82) is 0 Å². The van der Waals surface area contributed by atoms with Crippen molar-refractivity contribution in [2.24, 2.45) is 7.05 Å². The van der Waals surface area contributed by atoms with E-state index in [0.717, 1.165) is 10.3 Å². The summed E-state index contributed by atoms with van der Waals surface area (Å²) >= 11 is 3.34. The van der Waals surface area contributed by atoms with E-state index < -0.39 is 10.0 Å². The minimum absolute atomic E-state index is 0.0781. The van der Waals surface area contributed by atoms with Crippen LogP contribution in [0.2, 0.25) is 0 Å². The number of hydrogen-bond acceptors (Lipinski definition) is 4. The van der Waals surface area contributed by atoms with E-state index >= 15 is 0 Å². The molecule has 22 heavy (non-hydrogen) atoms. The largest absolute Gasteiger partial charge is 0.336 e. The first kappa shape index (κ1) is 15.7. The smallest absolute Gasteiger partial charge is 0.262 e. The molecule has 1 aliphatic heterocycles. The third-order valence-electron chi connectivity index (χ3n) is 3.78. The molecule has 0 amide bonds. The highest BCUT2D eigenvalue weighted by molar-refractivity contribution is 9.10. The Labute approximate surface area is 138 Å². The first-order chi connectivity index (χ1) is 10.3. The molecule has 3 heterocycles. The second-order valence-electron chi connectivity index (χ2n) is 5.82. The quantitative estimate of drug-likeness (QED) is 0.800. The molecular weight excluding hydrogens is 370 g/mol. The van der Waals surface area contributed by atoms with Gasteiger partial charge >= 0.3 is 0 Å². The van der Waals surface area contributed by atoms with Crippen molar-refractivity contribution >= 4 is 26.0 Å². The lowest BCUT2D eigenvalue weighted by Crippen LogP contribution is -2.50. The molecule has 0 N–H and O–H groups in total. The van der Waals surface area contributed by atoms with Crippen LogP contribution < -0.4 is 0 Å². The topological polar surface area (TPSA) is 73.0 Å². The van der Waals surface area contributed by atoms with Crippen LogP contribution in [0.15, 0.2) is 28.1 Å². The van der Waals surface area contributed by atoms with Gasteiger partial charge in [-0.05, 0) is 15.9 Å². The summed E-state index contributed by atoms with van der Waals surface area (Å²) in [7, 11) is -1.70. The van der Waals surface area contributed by atoms with E-state index in [1.54, 1.807) is 21.6 Å². The summed E-state index contributed by atoms with van der Waals surface area (Å²) in [5.74, 6) is 0.950. The number of halogens is 1. The minimum atomic E-state index is -3.52. The fraction of sp³-hybridized carbons (Fsp3) is 0.538. The van der Waals surface area contributed by atoms with Gasteiger partial charge < -0.3 is 4.57 Å². The molecule has 2 aromatic heterocycles. The molecule has 0 atom stereocenters. The zero-order valence-corrected chi connectivity index (χ0v) is 15.0. The maximum absolute atomic E-state index is 12.6. The number of aryl methyl sites for hydroxylation is 1. The molecule has 1 saturated heterocycles. The molecular formula is C13H18BrN5O2S. The van der Waals surface area contributed by atoms with E-state index in [1.807, 2.05) is 27.1 Å². The number of sulfonamides is 1. The van der Waals surface area contributed by atoms with Crippen LogP contribution in [0, 0.1) is 0 Å². The molecule has 0 saturated carbocycles. The van der Waals surface area contributed by atoms with E-state index in [2.05, 4.69) is 26.0 Å². The molecule has 2 aromatic rings. The van der Waals surface area contributed by atoms with Gasteiger partial charge in [0.2, 0.25) is 0 Å². The number of imidazole rings is 1. The zero-order chi connectivity index (χ0) is 16.1. The Morgan fingerprint density at radius 3 is 2.50 bits per heavy atom. The summed E-state index contributed by atoms with van der Waals surface area (Å²) in [6.45, 7) is 4.83. The molecule has 0 bridgehead atoms. The van der Waals surface area contributed by atoms with Crippen molar-refractivity contribution in [2.75, 3.05) is 13.1 Å². The van der Waals surface area contributed by atoms with Crippen molar-refractivity contribution in [3.63, 3.8) is 0 Å². The maximum atomic E-state index is 12.6. The lowest BCUT2D eigenvalue weighted by atomic mass is 10.2. The highest BCUT2D eigenvalue weighted by Gasteiger charge is 2.39. The third-order valence-corrected chi connectivity index (χ3v) is 5.90. The summed E-state index contributed by atoms with van der Waals surface area (Å²) < 4.78 is 31.1. The van der Waals surface area contributed by atoms with Crippen LogP contribution in [0.25, 0.3) is 0 Å². The molecule has 3 rings (SSSR count). The van der Waals surface area contributed by atoms with Crippen molar-refractivity contribution in [3.05, 3.63) is 28.9 Å². The molecule has 0 radical (unpaired) electrons. The fourth-order valence-corrected chi connectivity index (χ4v) is 4.34. The van der Waals surface area contributed by atoms with Gasteiger partial charge in [-0.2, -0.15) is 9.40 Å². The average Bonchev–Trinajstić information content (AvgIpc) is 2.94. The number of aromatic nitrogens is 4. The Morgan fingerprint density at radius 2 is 2.00 bits per heavy atom. The van der Waals surface area contributed by atoms with Crippen molar-refractivity contribution in [3.8, 4) is 0 Å². The Morgan fingerprint density at radius 1 is 1.32 bits per heavy atom. The molecule has 0 aromatic carbocycles. The van der Waals surface area contributed by atoms with Crippen LogP contribution in [0.1, 0.15) is 31.6 Å². The van der Waals surface area contributed by atoms with Gasteiger partial charge in [-0.25, -0.2) is 13.4 Å². The molecule has 7 nitrogen and oxygen atoms in total. The normalized spacial score (nSPS) is 17.1. The van der Waals surface area contributed by atoms with E-state index in [9.17, 15) is 8.42 Å². The summed E-state index contributed by atoms with van der Waals surface area (Å²) in [5.41, 5.74) is 0. The molecule has 120 valence electrons. The van der Waals surface area contributed by atoms with E-state index in [1.165, 1.54) is 4.31 Å². The molecule has 1 aliphatic rings. The number of rotatable bonds is 4. The van der Waals surface area contributed by atoms with Gasteiger partial charge in [0.1, 0.15) is 5.82 Å². The van der Waals surface area contributed by atoms with Gasteiger partial charge in [-0.3, -0.25) is 4.68 Å². The summed E-state index contributed by atoms with van der Waals surface area (Å²) in [6.07, 6.45) is 5.14. The Balaban J connectivity index is 1.76. The predicted octanol–water partition coefficient (Wildman–Crippen LogP) is 1.75. The van der Waals surface area contributed by atoms with Gasteiger partial charge in [0, 0.05) is 38.4 Å². The summed E-state index contributed by atoms with van der Waals surface area (Å²) in [6, 6.07) is 0.0781. The van der Waals surface area contributed by atoms with Crippen LogP contribution >= 0.6 is 15.9 Å². The summed E-state index contributed by atoms with van der Waals surface area (Å²) in [4.78, 5) is 4.29. The third kappa shape index (κ3) is 2.61. The van der Waals surface area contributed by atoms with Gasteiger partial charge in [0.15, 0.2) is 5.03 Å². The zero-order valence-electron chi connectivity index (χ0n) is 12.6. The van der Waals surface area contributed by atoms with E-state index in [0.29, 0.717) is 13.1 Å². The highest BCUT2D eigenvalue weighted by Crippen LogP contribution is 2.28. The van der Waals surface area contributed by atoms with E-state index in [4.69, 9.17) is 0 Å². The number of hydrogen-bond donors (Lipinski definition) is 0. The average molecular weight is 388 g/mol. The van der Waals surface area contributed by atoms with Crippen molar-refractivity contribution in [1.82, 2.24) is 23.6 Å². The minimum Gasteiger partial charge on any atom is -0.336 e. The summed E-state index contributed by atoms with van der Waals surface area (Å²) in [5, 5.41) is 4.32. The molecule has 0 unspecified atom stereocenters. The Kier molecular flexibility index (Phi) is 3.90. The lowest BCUT2D eigenvalue weighted by molar-refractivity contribution is 0.190. The molecule has 0 aliphatic carbocycles. The monoisotopic (exact) mass is 387 g/mol. The standard InChI is InChI=1S/C13H18BrN5O2S/c1-9(2)13-16-12(8-17(13)3)22(20,21)18-6-11(7-18)19-5-10(14)4-15-19/h4-5,8-9,11H,6-7H2,1-3H3. The van der Waals surface area contributed by atoms with Gasteiger partial charge in [-0.1, -0.05) is 13.8 Å². The Bertz CT molecular complexity index is 789. The second-order valence-corrected chi connectivity index (χ2v) is 8.62. The molecule has 1 fully saturated rings. The first-order valence-electron chi connectivity index (χ1n) is 7.02.